The number of rotatable bonds is 4. The van der Waals surface area contributed by atoms with Gasteiger partial charge in [0.1, 0.15) is 22.5 Å². The Kier molecular flexibility index (Phi) is 6.15. The van der Waals surface area contributed by atoms with Crippen molar-refractivity contribution in [3.63, 3.8) is 0 Å². The first-order chi connectivity index (χ1) is 17.8. The molecule has 0 spiro atoms. The Bertz CT molecular complexity index is 1480. The van der Waals surface area contributed by atoms with E-state index in [1.54, 1.807) is 11.8 Å². The number of hydrogen-bond donors (Lipinski definition) is 0. The highest BCUT2D eigenvalue weighted by atomic mass is 32.2. The van der Waals surface area contributed by atoms with E-state index in [0.717, 1.165) is 53.6 Å². The molecule has 0 saturated heterocycles. The third-order valence-electron chi connectivity index (χ3n) is 6.69. The quantitative estimate of drug-likeness (QED) is 0.287. The van der Waals surface area contributed by atoms with Gasteiger partial charge in [-0.1, -0.05) is 91.0 Å². The minimum atomic E-state index is 0.566. The maximum Gasteiger partial charge on any atom is 0.177 e. The average molecular weight is 488 g/mol. The first-order valence-corrected chi connectivity index (χ1v) is 13.2. The van der Waals surface area contributed by atoms with Gasteiger partial charge in [0, 0.05) is 24.1 Å². The predicted octanol–water partition coefficient (Wildman–Crippen LogP) is 7.12. The van der Waals surface area contributed by atoms with Crippen molar-refractivity contribution in [1.82, 2.24) is 14.8 Å². The number of nitrogens with zero attached hydrogens (tertiary/aromatic N) is 5. The lowest BCUT2D eigenvalue weighted by Gasteiger charge is -2.25. The molecule has 0 fully saturated rings. The Morgan fingerprint density at radius 3 is 2.22 bits per heavy atom. The second kappa shape index (κ2) is 9.88. The third kappa shape index (κ3) is 4.12. The van der Waals surface area contributed by atoms with Gasteiger partial charge >= 0.3 is 0 Å². The van der Waals surface area contributed by atoms with Crippen LogP contribution in [0.25, 0.3) is 22.4 Å². The molecule has 0 bridgehead atoms. The van der Waals surface area contributed by atoms with E-state index in [2.05, 4.69) is 91.8 Å². The van der Waals surface area contributed by atoms with Crippen LogP contribution in [-0.4, -0.2) is 14.8 Å². The minimum absolute atomic E-state index is 0.566. The Balaban J connectivity index is 1.43. The van der Waals surface area contributed by atoms with Crippen LogP contribution in [0.5, 0.6) is 0 Å². The molecule has 4 aromatic rings. The monoisotopic (exact) mass is 487 g/mol. The minimum Gasteiger partial charge on any atom is -0.310 e. The van der Waals surface area contributed by atoms with Crippen molar-refractivity contribution >= 4 is 28.7 Å². The van der Waals surface area contributed by atoms with Crippen molar-refractivity contribution in [2.24, 2.45) is 0 Å². The van der Waals surface area contributed by atoms with Gasteiger partial charge in [0.15, 0.2) is 5.82 Å². The van der Waals surface area contributed by atoms with Gasteiger partial charge < -0.3 is 9.47 Å². The van der Waals surface area contributed by atoms with Gasteiger partial charge in [0.05, 0.1) is 5.70 Å². The third-order valence-corrected chi connectivity index (χ3v) is 7.64. The fraction of sp³-hybridized carbons (Fsp3) is 0.167. The molecule has 0 saturated carbocycles. The second-order valence-corrected chi connectivity index (χ2v) is 9.79. The van der Waals surface area contributed by atoms with Crippen molar-refractivity contribution in [3.05, 3.63) is 113 Å². The lowest BCUT2D eigenvalue weighted by Crippen LogP contribution is -2.18. The molecule has 0 N–H and O–H groups in total. The number of aryl methyl sites for hydroxylation is 1. The fourth-order valence-corrected chi connectivity index (χ4v) is 5.88. The van der Waals surface area contributed by atoms with Crippen LogP contribution in [0.1, 0.15) is 36.5 Å². The zero-order valence-electron chi connectivity index (χ0n) is 19.8. The summed E-state index contributed by atoms with van der Waals surface area (Å²) >= 11 is 1.58. The van der Waals surface area contributed by atoms with Crippen LogP contribution in [0.15, 0.2) is 95.4 Å². The van der Waals surface area contributed by atoms with Crippen molar-refractivity contribution in [3.8, 4) is 17.2 Å². The summed E-state index contributed by atoms with van der Waals surface area (Å²) in [6.45, 7) is 0.855. The molecule has 2 aliphatic rings. The maximum atomic E-state index is 10.4. The molecule has 1 aromatic heterocycles. The highest BCUT2D eigenvalue weighted by Gasteiger charge is 2.30. The predicted molar refractivity (Wildman–Crippen MR) is 146 cm³/mol. The van der Waals surface area contributed by atoms with Gasteiger partial charge in [-0.15, -0.1) is 10.2 Å². The number of allylic oxidation sites excluding steroid dienone is 1. The van der Waals surface area contributed by atoms with Crippen molar-refractivity contribution in [2.45, 2.75) is 32.2 Å². The van der Waals surface area contributed by atoms with Crippen LogP contribution in [0.3, 0.4) is 0 Å². The standard InChI is InChI=1S/C30H25N5S/c31-20-26(29-33-32-28-14-8-3-9-19-34(28)29)30-35(25-12-6-2-7-13-25)27(21-36-30)24-17-15-23(16-18-24)22-10-4-1-5-11-22/h1-2,4-7,10-13,15-18,21H,3,8-9,14,19H2/b30-26+. The molecule has 36 heavy (non-hydrogen) atoms. The van der Waals surface area contributed by atoms with E-state index in [4.69, 9.17) is 0 Å². The molecular weight excluding hydrogens is 462 g/mol. The topological polar surface area (TPSA) is 57.7 Å². The van der Waals surface area contributed by atoms with Crippen LogP contribution >= 0.6 is 11.8 Å². The number of anilines is 1. The number of nitriles is 1. The van der Waals surface area contributed by atoms with Gasteiger partial charge in [-0.2, -0.15) is 5.26 Å². The van der Waals surface area contributed by atoms with Crippen molar-refractivity contribution in [2.75, 3.05) is 4.90 Å². The molecule has 176 valence electrons. The molecule has 6 heteroatoms. The van der Waals surface area contributed by atoms with Gasteiger partial charge in [-0.05, 0) is 41.7 Å². The first-order valence-electron chi connectivity index (χ1n) is 12.3. The van der Waals surface area contributed by atoms with E-state index >= 15 is 0 Å². The Morgan fingerprint density at radius 1 is 0.778 bits per heavy atom. The van der Waals surface area contributed by atoms with Gasteiger partial charge in [0.2, 0.25) is 0 Å². The summed E-state index contributed by atoms with van der Waals surface area (Å²) in [5.74, 6) is 1.65. The van der Waals surface area contributed by atoms with E-state index in [1.165, 1.54) is 17.5 Å². The van der Waals surface area contributed by atoms with Crippen LogP contribution in [0.4, 0.5) is 5.69 Å². The fourth-order valence-electron chi connectivity index (χ4n) is 4.86. The molecule has 5 nitrogen and oxygen atoms in total. The molecule has 0 aliphatic carbocycles. The summed E-state index contributed by atoms with van der Waals surface area (Å²) in [5, 5.41) is 22.3. The molecule has 2 aliphatic heterocycles. The number of para-hydroxylation sites is 1. The summed E-state index contributed by atoms with van der Waals surface area (Å²) in [6, 6.07) is 31.7. The summed E-state index contributed by atoms with van der Waals surface area (Å²) in [4.78, 5) is 2.18. The Labute approximate surface area is 215 Å². The van der Waals surface area contributed by atoms with Gasteiger partial charge in [0.25, 0.3) is 0 Å². The summed E-state index contributed by atoms with van der Waals surface area (Å²) < 4.78 is 2.15. The molecule has 0 radical (unpaired) electrons. The summed E-state index contributed by atoms with van der Waals surface area (Å²) in [5.41, 5.74) is 6.09. The zero-order chi connectivity index (χ0) is 24.3. The number of hydrogen-bond acceptors (Lipinski definition) is 5. The van der Waals surface area contributed by atoms with Crippen LogP contribution in [-0.2, 0) is 13.0 Å². The number of benzene rings is 3. The van der Waals surface area contributed by atoms with E-state index < -0.39 is 0 Å². The van der Waals surface area contributed by atoms with E-state index in [0.29, 0.717) is 11.4 Å². The average Bonchev–Trinajstić information content (AvgIpc) is 3.48. The second-order valence-electron chi connectivity index (χ2n) is 8.93. The number of thioether (sulfide) groups is 1. The molecule has 0 atom stereocenters. The van der Waals surface area contributed by atoms with Gasteiger partial charge in [-0.25, -0.2) is 0 Å². The number of fused-ring (bicyclic) bond motifs is 1. The van der Waals surface area contributed by atoms with Gasteiger partial charge in [-0.3, -0.25) is 0 Å². The largest absolute Gasteiger partial charge is 0.310 e. The molecule has 0 amide bonds. The summed E-state index contributed by atoms with van der Waals surface area (Å²) in [6.07, 6.45) is 4.29. The van der Waals surface area contributed by atoms with Crippen molar-refractivity contribution < 1.29 is 0 Å². The molecule has 3 aromatic carbocycles. The Hall–Kier alpha value is -4.08. The highest BCUT2D eigenvalue weighted by molar-refractivity contribution is 8.06. The number of aromatic nitrogens is 3. The van der Waals surface area contributed by atoms with Crippen LogP contribution < -0.4 is 4.90 Å². The normalized spacial score (nSPS) is 16.6. The summed E-state index contributed by atoms with van der Waals surface area (Å²) in [7, 11) is 0. The maximum absolute atomic E-state index is 10.4. The zero-order valence-corrected chi connectivity index (χ0v) is 20.7. The van der Waals surface area contributed by atoms with E-state index in [9.17, 15) is 5.26 Å². The molecular formula is C30H25N5S. The lowest BCUT2D eigenvalue weighted by molar-refractivity contribution is 0.627. The van der Waals surface area contributed by atoms with E-state index in [-0.39, 0.29) is 0 Å². The highest BCUT2D eigenvalue weighted by Crippen LogP contribution is 2.46. The lowest BCUT2D eigenvalue weighted by atomic mass is 10.0. The first kappa shape index (κ1) is 22.4. The molecule has 3 heterocycles. The van der Waals surface area contributed by atoms with Crippen molar-refractivity contribution in [1.29, 1.82) is 5.26 Å². The van der Waals surface area contributed by atoms with Crippen LogP contribution in [0.2, 0.25) is 0 Å². The van der Waals surface area contributed by atoms with Crippen LogP contribution in [0, 0.1) is 11.3 Å². The Morgan fingerprint density at radius 2 is 1.47 bits per heavy atom. The SMILES string of the molecule is N#C/C(=C1\SC=C(c2ccc(-c3ccccc3)cc2)N1c1ccccc1)c1nnc2n1CCCCC2. The van der Waals surface area contributed by atoms with E-state index in [1.807, 2.05) is 24.3 Å². The molecule has 6 rings (SSSR count). The molecule has 0 unspecified atom stereocenters. The smallest absolute Gasteiger partial charge is 0.177 e.